The molecule has 100 valence electrons. The van der Waals surface area contributed by atoms with Crippen LogP contribution in [-0.2, 0) is 6.42 Å². The number of nitrogens with one attached hydrogen (secondary N) is 1. The van der Waals surface area contributed by atoms with E-state index < -0.39 is 5.97 Å². The van der Waals surface area contributed by atoms with Crippen LogP contribution >= 0.6 is 0 Å². The SMILES string of the molecule is CCc1oc(C(=O)NC(CC)CC)cc1C(=O)O. The normalized spacial score (nSPS) is 10.7. The highest BCUT2D eigenvalue weighted by Gasteiger charge is 2.20. The van der Waals surface area contributed by atoms with Crippen LogP contribution in [0.2, 0.25) is 0 Å². The molecule has 0 bridgehead atoms. The van der Waals surface area contributed by atoms with Crippen LogP contribution in [0.5, 0.6) is 0 Å². The number of carbonyl (C=O) groups excluding carboxylic acids is 1. The lowest BCUT2D eigenvalue weighted by Crippen LogP contribution is -2.33. The van der Waals surface area contributed by atoms with Crippen LogP contribution in [-0.4, -0.2) is 23.0 Å². The molecular weight excluding hydrogens is 234 g/mol. The second-order valence-electron chi connectivity index (χ2n) is 4.09. The highest BCUT2D eigenvalue weighted by atomic mass is 16.4. The Morgan fingerprint density at radius 1 is 1.33 bits per heavy atom. The van der Waals surface area contributed by atoms with Crippen molar-refractivity contribution in [3.63, 3.8) is 0 Å². The summed E-state index contributed by atoms with van der Waals surface area (Å²) in [6, 6.07) is 1.37. The predicted octanol–water partition coefficient (Wildman–Crippen LogP) is 2.46. The van der Waals surface area contributed by atoms with E-state index in [4.69, 9.17) is 9.52 Å². The molecule has 0 saturated heterocycles. The Balaban J connectivity index is 2.90. The minimum absolute atomic E-state index is 0.0622. The maximum atomic E-state index is 11.9. The molecule has 5 nitrogen and oxygen atoms in total. The molecule has 0 unspecified atom stereocenters. The first-order valence-corrected chi connectivity index (χ1v) is 6.20. The molecule has 1 heterocycles. The van der Waals surface area contributed by atoms with E-state index in [0.717, 1.165) is 12.8 Å². The second kappa shape index (κ2) is 6.23. The Hall–Kier alpha value is -1.78. The Morgan fingerprint density at radius 2 is 1.94 bits per heavy atom. The third kappa shape index (κ3) is 3.12. The first-order chi connectivity index (χ1) is 8.53. The summed E-state index contributed by atoms with van der Waals surface area (Å²) >= 11 is 0. The third-order valence-electron chi connectivity index (χ3n) is 2.91. The number of amides is 1. The molecular formula is C13H19NO4. The molecule has 0 atom stereocenters. The lowest BCUT2D eigenvalue weighted by Gasteiger charge is -2.13. The topological polar surface area (TPSA) is 79.5 Å². The molecule has 5 heteroatoms. The fourth-order valence-electron chi connectivity index (χ4n) is 1.73. The number of carbonyl (C=O) groups is 2. The minimum Gasteiger partial charge on any atom is -0.478 e. The maximum Gasteiger partial charge on any atom is 0.339 e. The van der Waals surface area contributed by atoms with Crippen LogP contribution < -0.4 is 5.32 Å². The van der Waals surface area contributed by atoms with Gasteiger partial charge in [0.25, 0.3) is 5.91 Å². The van der Waals surface area contributed by atoms with Gasteiger partial charge in [-0.25, -0.2) is 4.79 Å². The zero-order valence-corrected chi connectivity index (χ0v) is 10.9. The zero-order valence-electron chi connectivity index (χ0n) is 10.9. The molecule has 0 aliphatic heterocycles. The van der Waals surface area contributed by atoms with Crippen LogP contribution in [0.4, 0.5) is 0 Å². The van der Waals surface area contributed by atoms with Gasteiger partial charge in [-0.05, 0) is 12.8 Å². The average Bonchev–Trinajstić information content (AvgIpc) is 2.79. The molecule has 0 aliphatic carbocycles. The van der Waals surface area contributed by atoms with Crippen LogP contribution in [0, 0.1) is 0 Å². The number of aryl methyl sites for hydroxylation is 1. The number of hydrogen-bond donors (Lipinski definition) is 2. The number of carboxylic acid groups (broad SMARTS) is 1. The Morgan fingerprint density at radius 3 is 2.33 bits per heavy atom. The van der Waals surface area contributed by atoms with Crippen LogP contribution in [0.3, 0.4) is 0 Å². The third-order valence-corrected chi connectivity index (χ3v) is 2.91. The second-order valence-corrected chi connectivity index (χ2v) is 4.09. The van der Waals surface area contributed by atoms with Gasteiger partial charge in [0, 0.05) is 18.5 Å². The van der Waals surface area contributed by atoms with Gasteiger partial charge in [0.05, 0.1) is 0 Å². The van der Waals surface area contributed by atoms with Crippen molar-refractivity contribution in [3.05, 3.63) is 23.2 Å². The first-order valence-electron chi connectivity index (χ1n) is 6.20. The highest BCUT2D eigenvalue weighted by molar-refractivity contribution is 5.96. The predicted molar refractivity (Wildman–Crippen MR) is 66.9 cm³/mol. The van der Waals surface area contributed by atoms with Gasteiger partial charge in [-0.3, -0.25) is 4.79 Å². The minimum atomic E-state index is -1.07. The van der Waals surface area contributed by atoms with Gasteiger partial charge in [0.1, 0.15) is 11.3 Å². The van der Waals surface area contributed by atoms with Gasteiger partial charge >= 0.3 is 5.97 Å². The quantitative estimate of drug-likeness (QED) is 0.816. The smallest absolute Gasteiger partial charge is 0.339 e. The first kappa shape index (κ1) is 14.3. The maximum absolute atomic E-state index is 11.9. The van der Waals surface area contributed by atoms with Crippen molar-refractivity contribution in [2.75, 3.05) is 0 Å². The number of hydrogen-bond acceptors (Lipinski definition) is 3. The number of carboxylic acids is 1. The molecule has 2 N–H and O–H groups in total. The molecule has 1 rings (SSSR count). The van der Waals surface area contributed by atoms with E-state index in [1.165, 1.54) is 6.07 Å². The van der Waals surface area contributed by atoms with Gasteiger partial charge in [-0.15, -0.1) is 0 Å². The number of aromatic carboxylic acids is 1. The summed E-state index contributed by atoms with van der Waals surface area (Å²) in [6.45, 7) is 5.75. The molecule has 0 radical (unpaired) electrons. The van der Waals surface area contributed by atoms with Crippen molar-refractivity contribution in [2.24, 2.45) is 0 Å². The summed E-state index contributed by atoms with van der Waals surface area (Å²) in [6.07, 6.45) is 2.10. The molecule has 0 saturated carbocycles. The summed E-state index contributed by atoms with van der Waals surface area (Å²) in [4.78, 5) is 22.8. The van der Waals surface area contributed by atoms with E-state index in [2.05, 4.69) is 5.32 Å². The summed E-state index contributed by atoms with van der Waals surface area (Å²) < 4.78 is 5.28. The van der Waals surface area contributed by atoms with Gasteiger partial charge in [0.2, 0.25) is 0 Å². The number of rotatable bonds is 6. The Labute approximate surface area is 106 Å². The molecule has 1 aromatic heterocycles. The van der Waals surface area contributed by atoms with Gasteiger partial charge in [-0.2, -0.15) is 0 Å². The largest absolute Gasteiger partial charge is 0.478 e. The van der Waals surface area contributed by atoms with E-state index in [0.29, 0.717) is 12.2 Å². The van der Waals surface area contributed by atoms with E-state index in [-0.39, 0.29) is 23.3 Å². The van der Waals surface area contributed by atoms with Crippen molar-refractivity contribution in [3.8, 4) is 0 Å². The molecule has 0 aromatic carbocycles. The van der Waals surface area contributed by atoms with Crippen LogP contribution in [0.1, 0.15) is 60.3 Å². The standard InChI is InChI=1S/C13H19NO4/c1-4-8(5-2)14-12(15)11-7-9(13(16)17)10(6-3)18-11/h7-8H,4-6H2,1-3H3,(H,14,15)(H,16,17). The van der Waals surface area contributed by atoms with Crippen molar-refractivity contribution >= 4 is 11.9 Å². The molecule has 1 amide bonds. The monoisotopic (exact) mass is 253 g/mol. The highest BCUT2D eigenvalue weighted by Crippen LogP contribution is 2.16. The van der Waals surface area contributed by atoms with E-state index >= 15 is 0 Å². The average molecular weight is 253 g/mol. The van der Waals surface area contributed by atoms with Crippen molar-refractivity contribution < 1.29 is 19.1 Å². The van der Waals surface area contributed by atoms with Gasteiger partial charge in [0.15, 0.2) is 5.76 Å². The Bertz CT molecular complexity index is 432. The van der Waals surface area contributed by atoms with Gasteiger partial charge in [-0.1, -0.05) is 20.8 Å². The summed E-state index contributed by atoms with van der Waals surface area (Å²) in [7, 11) is 0. The Kier molecular flexibility index (Phi) is 4.95. The van der Waals surface area contributed by atoms with Crippen molar-refractivity contribution in [2.45, 2.75) is 46.1 Å². The molecule has 0 fully saturated rings. The summed E-state index contributed by atoms with van der Waals surface area (Å²) in [5.74, 6) is -1.03. The van der Waals surface area contributed by atoms with Gasteiger partial charge < -0.3 is 14.8 Å². The van der Waals surface area contributed by atoms with E-state index in [9.17, 15) is 9.59 Å². The van der Waals surface area contributed by atoms with E-state index in [1.807, 2.05) is 13.8 Å². The molecule has 1 aromatic rings. The fraction of sp³-hybridized carbons (Fsp3) is 0.538. The molecule has 18 heavy (non-hydrogen) atoms. The van der Waals surface area contributed by atoms with E-state index in [1.54, 1.807) is 6.92 Å². The van der Waals surface area contributed by atoms with Crippen LogP contribution in [0.25, 0.3) is 0 Å². The molecule has 0 spiro atoms. The fourth-order valence-corrected chi connectivity index (χ4v) is 1.73. The lowest BCUT2D eigenvalue weighted by molar-refractivity contribution is 0.0694. The summed E-state index contributed by atoms with van der Waals surface area (Å²) in [5, 5.41) is 11.8. The number of furan rings is 1. The van der Waals surface area contributed by atoms with Crippen LogP contribution in [0.15, 0.2) is 10.5 Å². The lowest BCUT2D eigenvalue weighted by atomic mass is 10.1. The van der Waals surface area contributed by atoms with Crippen molar-refractivity contribution in [1.29, 1.82) is 0 Å². The van der Waals surface area contributed by atoms with Crippen molar-refractivity contribution in [1.82, 2.24) is 5.32 Å². The zero-order chi connectivity index (χ0) is 13.7. The summed E-state index contributed by atoms with van der Waals surface area (Å²) in [5.41, 5.74) is 0.0622. The molecule has 0 aliphatic rings.